The summed E-state index contributed by atoms with van der Waals surface area (Å²) in [5.74, 6) is -0.350. The Morgan fingerprint density at radius 2 is 1.81 bits per heavy atom. The second-order valence-corrected chi connectivity index (χ2v) is 12.2. The van der Waals surface area contributed by atoms with Gasteiger partial charge in [-0.1, -0.05) is 6.07 Å². The van der Waals surface area contributed by atoms with E-state index in [1.54, 1.807) is 17.5 Å². The molecule has 3 heterocycles. The first-order valence-electron chi connectivity index (χ1n) is 8.97. The van der Waals surface area contributed by atoms with Crippen LogP contribution in [0.2, 0.25) is 0 Å². The van der Waals surface area contributed by atoms with Gasteiger partial charge in [-0.15, -0.1) is 11.3 Å². The quantitative estimate of drug-likeness (QED) is 0.733. The molecule has 1 aromatic rings. The highest BCUT2D eigenvalue weighted by molar-refractivity contribution is 7.91. The predicted octanol–water partition coefficient (Wildman–Crippen LogP) is 0.689. The maximum Gasteiger partial charge on any atom is 0.252 e. The van der Waals surface area contributed by atoms with Crippen LogP contribution in [0.4, 0.5) is 0 Å². The fourth-order valence-corrected chi connectivity index (χ4v) is 7.10. The molecule has 0 aliphatic carbocycles. The van der Waals surface area contributed by atoms with Crippen molar-refractivity contribution in [3.8, 4) is 0 Å². The van der Waals surface area contributed by atoms with E-state index >= 15 is 0 Å². The highest BCUT2D eigenvalue weighted by Gasteiger charge is 2.34. The van der Waals surface area contributed by atoms with Crippen molar-refractivity contribution in [2.45, 2.75) is 35.9 Å². The third-order valence-electron chi connectivity index (χ3n) is 5.11. The van der Waals surface area contributed by atoms with Crippen molar-refractivity contribution in [3.63, 3.8) is 0 Å². The van der Waals surface area contributed by atoms with E-state index < -0.39 is 20.0 Å². The van der Waals surface area contributed by atoms with Crippen LogP contribution < -0.4 is 5.32 Å². The van der Waals surface area contributed by atoms with Gasteiger partial charge >= 0.3 is 0 Å². The summed E-state index contributed by atoms with van der Waals surface area (Å²) in [6, 6.07) is 3.12. The molecule has 8 nitrogen and oxygen atoms in total. The maximum absolute atomic E-state index is 12.6. The maximum atomic E-state index is 12.6. The van der Waals surface area contributed by atoms with Crippen molar-refractivity contribution >= 4 is 37.3 Å². The van der Waals surface area contributed by atoms with E-state index in [-0.39, 0.29) is 17.9 Å². The zero-order valence-electron chi connectivity index (χ0n) is 15.2. The van der Waals surface area contributed by atoms with Gasteiger partial charge in [-0.25, -0.2) is 21.1 Å². The summed E-state index contributed by atoms with van der Waals surface area (Å²) >= 11 is 1.19. The van der Waals surface area contributed by atoms with Gasteiger partial charge in [0.25, 0.3) is 10.0 Å². The number of hydrogen-bond donors (Lipinski definition) is 1. The van der Waals surface area contributed by atoms with Crippen molar-refractivity contribution in [2.24, 2.45) is 5.92 Å². The lowest BCUT2D eigenvalue weighted by Crippen LogP contribution is -2.51. The molecule has 2 fully saturated rings. The fourth-order valence-electron chi connectivity index (χ4n) is 3.58. The van der Waals surface area contributed by atoms with Gasteiger partial charge < -0.3 is 5.32 Å². The number of piperidine rings is 2. The molecule has 11 heteroatoms. The van der Waals surface area contributed by atoms with E-state index in [4.69, 9.17) is 0 Å². The topological polar surface area (TPSA) is 104 Å². The molecule has 2 saturated heterocycles. The van der Waals surface area contributed by atoms with Gasteiger partial charge in [0.15, 0.2) is 0 Å². The minimum absolute atomic E-state index is 0.108. The zero-order valence-corrected chi connectivity index (χ0v) is 17.7. The average molecular weight is 436 g/mol. The summed E-state index contributed by atoms with van der Waals surface area (Å²) in [5, 5.41) is 4.69. The molecular formula is C16H25N3O5S3. The first-order valence-corrected chi connectivity index (χ1v) is 13.1. The molecule has 1 unspecified atom stereocenters. The van der Waals surface area contributed by atoms with E-state index in [2.05, 4.69) is 5.32 Å². The predicted molar refractivity (Wildman–Crippen MR) is 103 cm³/mol. The summed E-state index contributed by atoms with van der Waals surface area (Å²) < 4.78 is 51.7. The van der Waals surface area contributed by atoms with Gasteiger partial charge in [-0.3, -0.25) is 4.79 Å². The van der Waals surface area contributed by atoms with Crippen LogP contribution in [-0.4, -0.2) is 69.8 Å². The first-order chi connectivity index (χ1) is 12.7. The number of nitrogens with one attached hydrogen (secondary N) is 1. The molecular weight excluding hydrogens is 410 g/mol. The lowest BCUT2D eigenvalue weighted by Gasteiger charge is -2.34. The minimum Gasteiger partial charge on any atom is -0.352 e. The van der Waals surface area contributed by atoms with Crippen molar-refractivity contribution in [2.75, 3.05) is 32.4 Å². The standard InChI is InChI=1S/C16H25N3O5S3/c1-26(21,22)19-8-2-4-14(12-19)17-16(20)13-6-9-18(10-7-13)27(23,24)15-5-3-11-25-15/h3,5,11,13-14H,2,4,6-10,12H2,1H3,(H,17,20). The Balaban J connectivity index is 1.53. The molecule has 2 aliphatic rings. The molecule has 0 bridgehead atoms. The Morgan fingerprint density at radius 1 is 1.11 bits per heavy atom. The highest BCUT2D eigenvalue weighted by atomic mass is 32.2. The number of carbonyl (C=O) groups excluding carboxylic acids is 1. The second kappa shape index (κ2) is 8.16. The number of hydrogen-bond acceptors (Lipinski definition) is 6. The van der Waals surface area contributed by atoms with Gasteiger partial charge in [0.1, 0.15) is 4.21 Å². The molecule has 3 rings (SSSR count). The third kappa shape index (κ3) is 4.89. The number of carbonyl (C=O) groups is 1. The van der Waals surface area contributed by atoms with Crippen LogP contribution >= 0.6 is 11.3 Å². The largest absolute Gasteiger partial charge is 0.352 e. The molecule has 1 atom stereocenters. The molecule has 1 aromatic heterocycles. The van der Waals surface area contributed by atoms with Crippen LogP contribution in [0.5, 0.6) is 0 Å². The van der Waals surface area contributed by atoms with Crippen molar-refractivity contribution < 1.29 is 21.6 Å². The van der Waals surface area contributed by atoms with Crippen LogP contribution in [0.1, 0.15) is 25.7 Å². The Morgan fingerprint density at radius 3 is 2.41 bits per heavy atom. The Kier molecular flexibility index (Phi) is 6.26. The molecule has 1 amide bonds. The molecule has 0 aromatic carbocycles. The van der Waals surface area contributed by atoms with Crippen LogP contribution in [-0.2, 0) is 24.8 Å². The summed E-state index contributed by atoms with van der Waals surface area (Å²) in [6.07, 6.45) is 3.59. The van der Waals surface area contributed by atoms with Crippen LogP contribution in [0.25, 0.3) is 0 Å². The SMILES string of the molecule is CS(=O)(=O)N1CCCC(NC(=O)C2CCN(S(=O)(=O)c3cccs3)CC2)C1. The summed E-state index contributed by atoms with van der Waals surface area (Å²) in [7, 11) is -6.73. The number of rotatable bonds is 5. The number of thiophene rings is 1. The van der Waals surface area contributed by atoms with Crippen molar-refractivity contribution in [1.29, 1.82) is 0 Å². The Bertz CT molecular complexity index is 859. The Labute approximate surface area is 164 Å². The van der Waals surface area contributed by atoms with E-state index in [0.717, 1.165) is 12.8 Å². The molecule has 0 radical (unpaired) electrons. The lowest BCUT2D eigenvalue weighted by molar-refractivity contribution is -0.127. The van der Waals surface area contributed by atoms with E-state index in [1.165, 1.54) is 26.2 Å². The van der Waals surface area contributed by atoms with Crippen LogP contribution in [0, 0.1) is 5.92 Å². The van der Waals surface area contributed by atoms with Gasteiger partial charge in [-0.05, 0) is 37.1 Å². The summed E-state index contributed by atoms with van der Waals surface area (Å²) in [5.41, 5.74) is 0. The van der Waals surface area contributed by atoms with Gasteiger partial charge in [0, 0.05) is 38.1 Å². The van der Waals surface area contributed by atoms with E-state index in [9.17, 15) is 21.6 Å². The summed E-state index contributed by atoms with van der Waals surface area (Å²) in [6.45, 7) is 1.43. The van der Waals surface area contributed by atoms with Gasteiger partial charge in [0.2, 0.25) is 15.9 Å². The molecule has 2 aliphatic heterocycles. The minimum atomic E-state index is -3.47. The number of amides is 1. The average Bonchev–Trinajstić information content (AvgIpc) is 3.17. The third-order valence-corrected chi connectivity index (χ3v) is 9.65. The normalized spacial score (nSPS) is 24.0. The zero-order chi connectivity index (χ0) is 19.7. The van der Waals surface area contributed by atoms with Crippen molar-refractivity contribution in [3.05, 3.63) is 17.5 Å². The van der Waals surface area contributed by atoms with E-state index in [1.807, 2.05) is 0 Å². The van der Waals surface area contributed by atoms with E-state index in [0.29, 0.717) is 43.2 Å². The monoisotopic (exact) mass is 435 g/mol. The molecule has 0 spiro atoms. The Hall–Kier alpha value is -1.01. The smallest absolute Gasteiger partial charge is 0.252 e. The number of nitrogens with zero attached hydrogens (tertiary/aromatic N) is 2. The molecule has 27 heavy (non-hydrogen) atoms. The molecule has 1 N–H and O–H groups in total. The van der Waals surface area contributed by atoms with Crippen LogP contribution in [0.15, 0.2) is 21.7 Å². The van der Waals surface area contributed by atoms with Crippen LogP contribution in [0.3, 0.4) is 0 Å². The number of sulfonamides is 2. The van der Waals surface area contributed by atoms with Gasteiger partial charge in [0.05, 0.1) is 6.26 Å². The fraction of sp³-hybridized carbons (Fsp3) is 0.688. The van der Waals surface area contributed by atoms with Crippen molar-refractivity contribution in [1.82, 2.24) is 13.9 Å². The highest BCUT2D eigenvalue weighted by Crippen LogP contribution is 2.26. The molecule has 0 saturated carbocycles. The second-order valence-electron chi connectivity index (χ2n) is 7.08. The van der Waals surface area contributed by atoms with Gasteiger partial charge in [-0.2, -0.15) is 4.31 Å². The lowest BCUT2D eigenvalue weighted by atomic mass is 9.96. The first kappa shape index (κ1) is 20.7. The molecule has 152 valence electrons. The summed E-state index contributed by atoms with van der Waals surface area (Å²) in [4.78, 5) is 12.6.